The fourth-order valence-corrected chi connectivity index (χ4v) is 1.18. The summed E-state index contributed by atoms with van der Waals surface area (Å²) in [6.07, 6.45) is 3.29. The van der Waals surface area contributed by atoms with Crippen LogP contribution in [0.2, 0.25) is 0 Å². The molecule has 0 bridgehead atoms. The molecule has 1 aromatic rings. The molecule has 18 heavy (non-hydrogen) atoms. The lowest BCUT2D eigenvalue weighted by Crippen LogP contribution is -2.14. The van der Waals surface area contributed by atoms with Gasteiger partial charge in [0.2, 0.25) is 5.91 Å². The zero-order valence-electron chi connectivity index (χ0n) is 10.3. The standard InChI is InChI=1S/C13H15NO4/c1-10(15)14-8-7-11-3-5-12(6-4-11)18-13(16)9-17-2/h3-8H,9H2,1-2H3,(H,14,15). The Labute approximate surface area is 105 Å². The van der Waals surface area contributed by atoms with Crippen LogP contribution in [0.15, 0.2) is 30.5 Å². The number of ether oxygens (including phenoxy) is 2. The van der Waals surface area contributed by atoms with Crippen LogP contribution >= 0.6 is 0 Å². The molecule has 96 valence electrons. The summed E-state index contributed by atoms with van der Waals surface area (Å²) < 4.78 is 9.64. The molecule has 5 nitrogen and oxygen atoms in total. The van der Waals surface area contributed by atoms with E-state index in [1.54, 1.807) is 36.5 Å². The summed E-state index contributed by atoms with van der Waals surface area (Å²) in [4.78, 5) is 21.8. The van der Waals surface area contributed by atoms with E-state index >= 15 is 0 Å². The van der Waals surface area contributed by atoms with Gasteiger partial charge >= 0.3 is 5.97 Å². The fraction of sp³-hybridized carbons (Fsp3) is 0.231. The molecule has 0 fully saturated rings. The van der Waals surface area contributed by atoms with E-state index < -0.39 is 5.97 Å². The van der Waals surface area contributed by atoms with Gasteiger partial charge in [-0.15, -0.1) is 0 Å². The first kappa shape index (κ1) is 13.9. The number of methoxy groups -OCH3 is 1. The maximum absolute atomic E-state index is 11.1. The van der Waals surface area contributed by atoms with Crippen LogP contribution in [0, 0.1) is 0 Å². The monoisotopic (exact) mass is 249 g/mol. The SMILES string of the molecule is COCC(=O)Oc1ccc(C=CNC(C)=O)cc1. The van der Waals surface area contributed by atoms with E-state index in [9.17, 15) is 9.59 Å². The van der Waals surface area contributed by atoms with Gasteiger partial charge in [-0.05, 0) is 23.8 Å². The molecule has 5 heteroatoms. The number of carbonyl (C=O) groups excluding carboxylic acids is 2. The molecule has 1 aromatic carbocycles. The number of hydrogen-bond donors (Lipinski definition) is 1. The van der Waals surface area contributed by atoms with Crippen LogP contribution in [0.4, 0.5) is 0 Å². The van der Waals surface area contributed by atoms with Crippen molar-refractivity contribution in [2.75, 3.05) is 13.7 Å². The summed E-state index contributed by atoms with van der Waals surface area (Å²) in [6, 6.07) is 6.88. The summed E-state index contributed by atoms with van der Waals surface area (Å²) in [5, 5.41) is 2.54. The maximum atomic E-state index is 11.1. The Balaban J connectivity index is 2.54. The molecule has 0 atom stereocenters. The minimum atomic E-state index is -0.445. The van der Waals surface area contributed by atoms with Crippen molar-refractivity contribution in [2.24, 2.45) is 0 Å². The van der Waals surface area contributed by atoms with Crippen molar-refractivity contribution in [1.29, 1.82) is 0 Å². The van der Waals surface area contributed by atoms with E-state index in [0.29, 0.717) is 5.75 Å². The van der Waals surface area contributed by atoms with Crippen molar-refractivity contribution in [2.45, 2.75) is 6.92 Å². The molecule has 0 saturated heterocycles. The second kappa shape index (κ2) is 7.24. The largest absolute Gasteiger partial charge is 0.425 e. The third-order valence-corrected chi connectivity index (χ3v) is 1.94. The van der Waals surface area contributed by atoms with Crippen molar-refractivity contribution >= 4 is 18.0 Å². The van der Waals surface area contributed by atoms with Gasteiger partial charge in [-0.3, -0.25) is 4.79 Å². The lowest BCUT2D eigenvalue weighted by molar-refractivity contribution is -0.138. The third-order valence-electron chi connectivity index (χ3n) is 1.94. The molecule has 0 spiro atoms. The fourth-order valence-electron chi connectivity index (χ4n) is 1.18. The zero-order chi connectivity index (χ0) is 13.4. The van der Waals surface area contributed by atoms with Gasteiger partial charge in [-0.1, -0.05) is 12.1 Å². The molecule has 0 heterocycles. The highest BCUT2D eigenvalue weighted by molar-refractivity contribution is 5.75. The molecule has 0 aromatic heterocycles. The highest BCUT2D eigenvalue weighted by atomic mass is 16.6. The maximum Gasteiger partial charge on any atom is 0.337 e. The van der Waals surface area contributed by atoms with E-state index in [4.69, 9.17) is 4.74 Å². The van der Waals surface area contributed by atoms with Crippen LogP contribution in [0.5, 0.6) is 5.75 Å². The van der Waals surface area contributed by atoms with Crippen LogP contribution in [0.3, 0.4) is 0 Å². The van der Waals surface area contributed by atoms with E-state index in [0.717, 1.165) is 5.56 Å². The second-order valence-electron chi connectivity index (χ2n) is 3.51. The molecule has 1 N–H and O–H groups in total. The predicted molar refractivity (Wildman–Crippen MR) is 66.8 cm³/mol. The Hall–Kier alpha value is -2.14. The Bertz CT molecular complexity index is 437. The Morgan fingerprint density at radius 1 is 1.28 bits per heavy atom. The normalized spacial score (nSPS) is 10.3. The first-order valence-corrected chi connectivity index (χ1v) is 5.35. The second-order valence-corrected chi connectivity index (χ2v) is 3.51. The van der Waals surface area contributed by atoms with E-state index in [1.165, 1.54) is 14.0 Å². The number of rotatable bonds is 5. The zero-order valence-corrected chi connectivity index (χ0v) is 10.3. The number of esters is 1. The van der Waals surface area contributed by atoms with E-state index in [1.807, 2.05) is 0 Å². The van der Waals surface area contributed by atoms with Gasteiger partial charge in [-0.2, -0.15) is 0 Å². The molecule has 0 aliphatic carbocycles. The van der Waals surface area contributed by atoms with Gasteiger partial charge in [0.1, 0.15) is 12.4 Å². The number of carbonyl (C=O) groups is 2. The van der Waals surface area contributed by atoms with Crippen LogP contribution in [-0.4, -0.2) is 25.6 Å². The summed E-state index contributed by atoms with van der Waals surface area (Å²) in [6.45, 7) is 1.35. The first-order valence-electron chi connectivity index (χ1n) is 5.35. The van der Waals surface area contributed by atoms with Gasteiger partial charge in [0.15, 0.2) is 0 Å². The minimum absolute atomic E-state index is 0.0792. The molecule has 1 amide bonds. The highest BCUT2D eigenvalue weighted by Crippen LogP contribution is 2.13. The number of amides is 1. The van der Waals surface area contributed by atoms with Gasteiger partial charge in [0, 0.05) is 20.2 Å². The topological polar surface area (TPSA) is 64.6 Å². The molecule has 1 rings (SSSR count). The first-order chi connectivity index (χ1) is 8.61. The van der Waals surface area contributed by atoms with E-state index in [2.05, 4.69) is 10.1 Å². The van der Waals surface area contributed by atoms with Crippen molar-refractivity contribution in [3.05, 3.63) is 36.0 Å². The molecule has 0 saturated carbocycles. The van der Waals surface area contributed by atoms with Crippen LogP contribution in [0.1, 0.15) is 12.5 Å². The molecular formula is C13H15NO4. The van der Waals surface area contributed by atoms with Gasteiger partial charge in [-0.25, -0.2) is 4.79 Å². The van der Waals surface area contributed by atoms with Gasteiger partial charge in [0.05, 0.1) is 0 Å². The minimum Gasteiger partial charge on any atom is -0.425 e. The van der Waals surface area contributed by atoms with Gasteiger partial charge < -0.3 is 14.8 Å². The molecule has 0 aliphatic rings. The molecular weight excluding hydrogens is 234 g/mol. The van der Waals surface area contributed by atoms with E-state index in [-0.39, 0.29) is 12.5 Å². The van der Waals surface area contributed by atoms with Crippen molar-refractivity contribution < 1.29 is 19.1 Å². The summed E-state index contributed by atoms with van der Waals surface area (Å²) in [5.41, 5.74) is 0.885. The van der Waals surface area contributed by atoms with Crippen LogP contribution in [0.25, 0.3) is 6.08 Å². The van der Waals surface area contributed by atoms with Crippen molar-refractivity contribution in [1.82, 2.24) is 5.32 Å². The third kappa shape index (κ3) is 5.27. The molecule has 0 radical (unpaired) electrons. The average Bonchev–Trinajstić information content (AvgIpc) is 2.31. The number of nitrogens with one attached hydrogen (secondary N) is 1. The molecule has 0 unspecified atom stereocenters. The lowest BCUT2D eigenvalue weighted by atomic mass is 10.2. The predicted octanol–water partition coefficient (Wildman–Crippen LogP) is 1.35. The Kier molecular flexibility index (Phi) is 5.60. The molecule has 0 aliphatic heterocycles. The smallest absolute Gasteiger partial charge is 0.337 e. The summed E-state index contributed by atoms with van der Waals surface area (Å²) >= 11 is 0. The highest BCUT2D eigenvalue weighted by Gasteiger charge is 2.02. The number of benzene rings is 1. The summed E-state index contributed by atoms with van der Waals surface area (Å²) in [7, 11) is 1.43. The van der Waals surface area contributed by atoms with Crippen LogP contribution in [-0.2, 0) is 14.3 Å². The van der Waals surface area contributed by atoms with Crippen LogP contribution < -0.4 is 10.1 Å². The average molecular weight is 249 g/mol. The number of hydrogen-bond acceptors (Lipinski definition) is 4. The van der Waals surface area contributed by atoms with Crippen molar-refractivity contribution in [3.8, 4) is 5.75 Å². The Morgan fingerprint density at radius 3 is 2.50 bits per heavy atom. The van der Waals surface area contributed by atoms with Gasteiger partial charge in [0.25, 0.3) is 0 Å². The lowest BCUT2D eigenvalue weighted by Gasteiger charge is -2.03. The summed E-state index contributed by atoms with van der Waals surface area (Å²) in [5.74, 6) is -0.121. The Morgan fingerprint density at radius 2 is 1.94 bits per heavy atom. The van der Waals surface area contributed by atoms with Crippen molar-refractivity contribution in [3.63, 3.8) is 0 Å². The quantitative estimate of drug-likeness (QED) is 0.632.